The number of halogens is 2. The van der Waals surface area contributed by atoms with E-state index in [0.29, 0.717) is 11.8 Å². The van der Waals surface area contributed by atoms with Gasteiger partial charge < -0.3 is 0 Å². The lowest BCUT2D eigenvalue weighted by Gasteiger charge is -2.40. The van der Waals surface area contributed by atoms with Crippen molar-refractivity contribution in [3.8, 4) is 0 Å². The second kappa shape index (κ2) is 8.69. The Morgan fingerprint density at radius 2 is 0.964 bits per heavy atom. The van der Waals surface area contributed by atoms with Gasteiger partial charge in [-0.2, -0.15) is 22.9 Å². The monoisotopic (exact) mass is 450 g/mol. The topological polar surface area (TPSA) is 0 Å². The molecule has 0 amide bonds. The van der Waals surface area contributed by atoms with Crippen molar-refractivity contribution >= 4 is 51.3 Å². The molecule has 0 spiro atoms. The van der Waals surface area contributed by atoms with Crippen molar-refractivity contribution in [3.05, 3.63) is 45.6 Å². The van der Waals surface area contributed by atoms with Gasteiger partial charge in [0.2, 0.25) is 0 Å². The summed E-state index contributed by atoms with van der Waals surface area (Å²) >= 11 is 14.4. The molecule has 0 saturated carbocycles. The minimum atomic E-state index is -1.51. The number of hydrogen-bond acceptors (Lipinski definition) is 0. The SMILES string of the molecule is CC(C)C1=CC(C2C=C(C(C)C)C=C([Si](C)(C)C)B2Cl)B(Cl)C([Si](C)(C)C)=C1. The molecular weight excluding hydrogens is 413 g/mol. The summed E-state index contributed by atoms with van der Waals surface area (Å²) in [5, 5.41) is 2.97. The molecule has 0 N–H and O–H groups in total. The number of hydrogen-bond donors (Lipinski definition) is 0. The Bertz CT molecular complexity index is 660. The molecule has 0 aliphatic carbocycles. The Hall–Kier alpha value is 0.104. The summed E-state index contributed by atoms with van der Waals surface area (Å²) < 4.78 is 0. The lowest BCUT2D eigenvalue weighted by atomic mass is 9.43. The van der Waals surface area contributed by atoms with Gasteiger partial charge in [-0.05, 0) is 23.5 Å². The first-order chi connectivity index (χ1) is 12.6. The van der Waals surface area contributed by atoms with Gasteiger partial charge in [0.1, 0.15) is 0 Å². The third-order valence-electron chi connectivity index (χ3n) is 6.19. The maximum Gasteiger partial charge on any atom is 0.282 e. The molecule has 2 unspecified atom stereocenters. The molecule has 2 aliphatic rings. The normalized spacial score (nSPS) is 24.4. The first-order valence-corrected chi connectivity index (χ1v) is 18.7. The largest absolute Gasteiger partial charge is 0.282 e. The summed E-state index contributed by atoms with van der Waals surface area (Å²) in [7, 11) is -3.02. The lowest BCUT2D eigenvalue weighted by molar-refractivity contribution is 0.766. The third-order valence-corrected chi connectivity index (χ3v) is 12.0. The number of allylic oxidation sites excluding steroid dienone is 6. The summed E-state index contributed by atoms with van der Waals surface area (Å²) in [5.41, 5.74) is 2.87. The first-order valence-electron chi connectivity index (χ1n) is 10.8. The van der Waals surface area contributed by atoms with Crippen molar-refractivity contribution < 1.29 is 0 Å². The Morgan fingerprint density at radius 1 is 0.679 bits per heavy atom. The van der Waals surface area contributed by atoms with Crippen molar-refractivity contribution in [2.75, 3.05) is 0 Å². The highest BCUT2D eigenvalue weighted by atomic mass is 35.5. The van der Waals surface area contributed by atoms with Gasteiger partial charge in [-0.1, -0.05) is 113 Å². The maximum atomic E-state index is 7.22. The highest BCUT2D eigenvalue weighted by Gasteiger charge is 2.46. The van der Waals surface area contributed by atoms with E-state index in [9.17, 15) is 0 Å². The Balaban J connectivity index is 2.58. The maximum absolute atomic E-state index is 7.22. The molecule has 28 heavy (non-hydrogen) atoms. The standard InChI is InChI=1S/C22H38B2Cl2Si2/c1-15(2)17-11-19(23(25)21(13-17)27(5,6)7)20-12-18(16(3)4)14-22(24(20)26)28(8,9)10/h11-16,19-20H,1-10H3. The molecule has 0 aromatic heterocycles. The van der Waals surface area contributed by atoms with Crippen LogP contribution in [0.4, 0.5) is 0 Å². The predicted molar refractivity (Wildman–Crippen MR) is 139 cm³/mol. The summed E-state index contributed by atoms with van der Waals surface area (Å²) in [4.78, 5) is 0. The van der Waals surface area contributed by atoms with E-state index in [4.69, 9.17) is 22.9 Å². The molecule has 2 aliphatic heterocycles. The van der Waals surface area contributed by atoms with Crippen LogP contribution in [0.3, 0.4) is 0 Å². The fraction of sp³-hybridized carbons (Fsp3) is 0.636. The fourth-order valence-electron chi connectivity index (χ4n) is 4.23. The molecule has 0 saturated heterocycles. The summed E-state index contributed by atoms with van der Waals surface area (Å²) in [6.45, 7) is 23.6. The molecular formula is C22H38B2Cl2Si2. The van der Waals surface area contributed by atoms with Crippen LogP contribution in [0.2, 0.25) is 50.9 Å². The van der Waals surface area contributed by atoms with Crippen LogP contribution in [0.5, 0.6) is 0 Å². The highest BCUT2D eigenvalue weighted by molar-refractivity contribution is 7.23. The minimum absolute atomic E-state index is 0.0473. The second-order valence-electron chi connectivity index (χ2n) is 11.3. The summed E-state index contributed by atoms with van der Waals surface area (Å²) in [5.74, 6) is 1.55. The van der Waals surface area contributed by atoms with Crippen LogP contribution in [-0.2, 0) is 0 Å². The van der Waals surface area contributed by atoms with Crippen LogP contribution in [-0.4, -0.2) is 28.4 Å². The Kier molecular flexibility index (Phi) is 7.56. The fourth-order valence-corrected chi connectivity index (χ4v) is 10.0. The molecule has 2 heterocycles. The third kappa shape index (κ3) is 5.23. The van der Waals surface area contributed by atoms with Crippen LogP contribution in [0.25, 0.3) is 0 Å². The Morgan fingerprint density at radius 3 is 1.18 bits per heavy atom. The molecule has 6 heteroatoms. The van der Waals surface area contributed by atoms with Crippen LogP contribution < -0.4 is 0 Å². The lowest BCUT2D eigenvalue weighted by Crippen LogP contribution is -2.42. The zero-order valence-electron chi connectivity index (χ0n) is 19.5. The van der Waals surface area contributed by atoms with E-state index in [0.717, 1.165) is 0 Å². The molecule has 0 nitrogen and oxygen atoms in total. The van der Waals surface area contributed by atoms with Gasteiger partial charge in [0.05, 0.1) is 16.1 Å². The highest BCUT2D eigenvalue weighted by Crippen LogP contribution is 2.49. The van der Waals surface area contributed by atoms with Gasteiger partial charge in [0.25, 0.3) is 12.3 Å². The van der Waals surface area contributed by atoms with E-state index in [1.807, 2.05) is 0 Å². The van der Waals surface area contributed by atoms with E-state index in [1.54, 1.807) is 0 Å². The van der Waals surface area contributed by atoms with E-state index in [1.165, 1.54) is 21.3 Å². The summed E-state index contributed by atoms with van der Waals surface area (Å²) in [6, 6.07) is 0. The second-order valence-corrected chi connectivity index (χ2v) is 22.4. The van der Waals surface area contributed by atoms with Crippen LogP contribution in [0.1, 0.15) is 27.7 Å². The van der Waals surface area contributed by atoms with Gasteiger partial charge in [0.15, 0.2) is 0 Å². The zero-order chi connectivity index (χ0) is 21.6. The van der Waals surface area contributed by atoms with Crippen molar-refractivity contribution in [2.24, 2.45) is 11.8 Å². The van der Waals surface area contributed by atoms with Gasteiger partial charge in [-0.3, -0.25) is 0 Å². The molecule has 2 rings (SSSR count). The first kappa shape index (κ1) is 24.4. The van der Waals surface area contributed by atoms with Crippen molar-refractivity contribution in [3.63, 3.8) is 0 Å². The number of rotatable bonds is 5. The van der Waals surface area contributed by atoms with Crippen molar-refractivity contribution in [1.29, 1.82) is 0 Å². The van der Waals surface area contributed by atoms with Gasteiger partial charge in [0, 0.05) is 0 Å². The molecule has 2 atom stereocenters. The molecule has 0 aromatic carbocycles. The van der Waals surface area contributed by atoms with E-state index in [-0.39, 0.29) is 23.9 Å². The zero-order valence-corrected chi connectivity index (χ0v) is 23.0. The van der Waals surface area contributed by atoms with E-state index < -0.39 is 16.1 Å². The molecule has 0 fully saturated rings. The van der Waals surface area contributed by atoms with Crippen LogP contribution in [0.15, 0.2) is 45.6 Å². The Labute approximate surface area is 186 Å². The summed E-state index contributed by atoms with van der Waals surface area (Å²) in [6.07, 6.45) is 9.83. The molecule has 154 valence electrons. The molecule has 0 bridgehead atoms. The predicted octanol–water partition coefficient (Wildman–Crippen LogP) is 8.07. The quantitative estimate of drug-likeness (QED) is 0.371. The minimum Gasteiger partial charge on any atom is -0.189 e. The average molecular weight is 451 g/mol. The smallest absolute Gasteiger partial charge is 0.189 e. The van der Waals surface area contributed by atoms with Gasteiger partial charge in [-0.25, -0.2) is 0 Å². The van der Waals surface area contributed by atoms with Crippen LogP contribution >= 0.6 is 22.9 Å². The van der Waals surface area contributed by atoms with Crippen molar-refractivity contribution in [1.82, 2.24) is 0 Å². The van der Waals surface area contributed by atoms with Crippen LogP contribution in [0, 0.1) is 11.8 Å². The van der Waals surface area contributed by atoms with E-state index >= 15 is 0 Å². The van der Waals surface area contributed by atoms with Gasteiger partial charge >= 0.3 is 0 Å². The van der Waals surface area contributed by atoms with E-state index in [2.05, 4.69) is 91.3 Å². The average Bonchev–Trinajstić information content (AvgIpc) is 2.52. The molecule has 0 aromatic rings. The van der Waals surface area contributed by atoms with Gasteiger partial charge in [-0.15, -0.1) is 0 Å². The van der Waals surface area contributed by atoms with Crippen molar-refractivity contribution in [2.45, 2.75) is 78.6 Å². The molecule has 0 radical (unpaired) electrons.